The molecule has 1 unspecified atom stereocenters. The number of hydrogen-bond acceptors (Lipinski definition) is 4. The van der Waals surface area contributed by atoms with Crippen LogP contribution in [-0.2, 0) is 9.53 Å². The SMILES string of the molecule is CCOC(=O)C1(C(F)F)C=Cc2cc(N)ccc2O1. The Morgan fingerprint density at radius 1 is 1.53 bits per heavy atom. The van der Waals surface area contributed by atoms with Gasteiger partial charge in [0.2, 0.25) is 0 Å². The molecule has 1 atom stereocenters. The quantitative estimate of drug-likeness (QED) is 0.675. The van der Waals surface area contributed by atoms with Crippen molar-refractivity contribution in [1.82, 2.24) is 0 Å². The van der Waals surface area contributed by atoms with E-state index in [9.17, 15) is 13.6 Å². The summed E-state index contributed by atoms with van der Waals surface area (Å²) in [5, 5.41) is 0. The van der Waals surface area contributed by atoms with Gasteiger partial charge in [-0.15, -0.1) is 0 Å². The molecule has 1 aliphatic heterocycles. The molecule has 0 bridgehead atoms. The van der Waals surface area contributed by atoms with Gasteiger partial charge in [0, 0.05) is 11.3 Å². The maximum absolute atomic E-state index is 13.2. The lowest BCUT2D eigenvalue weighted by molar-refractivity contribution is -0.169. The molecule has 0 radical (unpaired) electrons. The maximum Gasteiger partial charge on any atom is 0.360 e. The van der Waals surface area contributed by atoms with Crippen LogP contribution in [0.15, 0.2) is 24.3 Å². The minimum absolute atomic E-state index is 0.000895. The Morgan fingerprint density at radius 2 is 2.26 bits per heavy atom. The van der Waals surface area contributed by atoms with E-state index < -0.39 is 18.0 Å². The maximum atomic E-state index is 13.2. The molecule has 2 N–H and O–H groups in total. The summed E-state index contributed by atoms with van der Waals surface area (Å²) in [5.74, 6) is -0.936. The van der Waals surface area contributed by atoms with Crippen LogP contribution in [0, 0.1) is 0 Å². The Hall–Kier alpha value is -2.11. The van der Waals surface area contributed by atoms with Crippen LogP contribution >= 0.6 is 0 Å². The van der Waals surface area contributed by atoms with Crippen LogP contribution in [0.3, 0.4) is 0 Å². The fourth-order valence-electron chi connectivity index (χ4n) is 1.78. The van der Waals surface area contributed by atoms with Gasteiger partial charge < -0.3 is 15.2 Å². The molecule has 0 amide bonds. The standard InChI is InChI=1S/C13H13F2NO3/c1-2-18-12(17)13(11(14)15)6-5-8-7-9(16)3-4-10(8)19-13/h3-7,11H,2,16H2,1H3. The molecule has 1 aliphatic rings. The normalized spacial score (nSPS) is 20.8. The summed E-state index contributed by atoms with van der Waals surface area (Å²) in [6.07, 6.45) is -0.635. The molecule has 0 saturated carbocycles. The van der Waals surface area contributed by atoms with Crippen LogP contribution in [-0.4, -0.2) is 24.6 Å². The van der Waals surface area contributed by atoms with E-state index in [-0.39, 0.29) is 12.4 Å². The number of alkyl halides is 2. The van der Waals surface area contributed by atoms with Gasteiger partial charge in [0.15, 0.2) is 0 Å². The molecule has 0 fully saturated rings. The molecule has 1 heterocycles. The van der Waals surface area contributed by atoms with E-state index in [0.717, 1.165) is 6.08 Å². The molecular weight excluding hydrogens is 256 g/mol. The Balaban J connectivity index is 2.41. The summed E-state index contributed by atoms with van der Waals surface area (Å²) in [4.78, 5) is 11.7. The van der Waals surface area contributed by atoms with E-state index in [2.05, 4.69) is 4.74 Å². The van der Waals surface area contributed by atoms with Gasteiger partial charge in [0.25, 0.3) is 12.0 Å². The zero-order chi connectivity index (χ0) is 14.0. The first-order valence-electron chi connectivity index (χ1n) is 5.72. The second-order valence-electron chi connectivity index (χ2n) is 4.05. The molecule has 102 valence electrons. The average molecular weight is 269 g/mol. The molecular formula is C13H13F2NO3. The van der Waals surface area contributed by atoms with Gasteiger partial charge in [-0.05, 0) is 31.2 Å². The lowest BCUT2D eigenvalue weighted by atomic mass is 9.98. The third kappa shape index (κ3) is 2.25. The van der Waals surface area contributed by atoms with Crippen molar-refractivity contribution in [1.29, 1.82) is 0 Å². The Labute approximate surface area is 108 Å². The van der Waals surface area contributed by atoms with Crippen LogP contribution in [0.4, 0.5) is 14.5 Å². The lowest BCUT2D eigenvalue weighted by Gasteiger charge is -2.31. The lowest BCUT2D eigenvalue weighted by Crippen LogP contribution is -2.51. The van der Waals surface area contributed by atoms with Crippen LogP contribution in [0.25, 0.3) is 6.08 Å². The molecule has 0 aromatic heterocycles. The number of benzene rings is 1. The highest BCUT2D eigenvalue weighted by molar-refractivity contribution is 5.86. The zero-order valence-corrected chi connectivity index (χ0v) is 10.2. The van der Waals surface area contributed by atoms with Gasteiger partial charge in [-0.2, -0.15) is 0 Å². The highest BCUT2D eigenvalue weighted by atomic mass is 19.3. The number of esters is 1. The largest absolute Gasteiger partial charge is 0.465 e. The Morgan fingerprint density at radius 3 is 2.89 bits per heavy atom. The second kappa shape index (κ2) is 4.87. The fourth-order valence-corrected chi connectivity index (χ4v) is 1.78. The van der Waals surface area contributed by atoms with Crippen molar-refractivity contribution in [2.75, 3.05) is 12.3 Å². The molecule has 1 aromatic carbocycles. The van der Waals surface area contributed by atoms with Crippen molar-refractivity contribution >= 4 is 17.7 Å². The van der Waals surface area contributed by atoms with Gasteiger partial charge in [-0.3, -0.25) is 0 Å². The molecule has 6 heteroatoms. The summed E-state index contributed by atoms with van der Waals surface area (Å²) in [7, 11) is 0. The third-order valence-electron chi connectivity index (χ3n) is 2.74. The highest BCUT2D eigenvalue weighted by Crippen LogP contribution is 2.36. The number of carbonyl (C=O) groups excluding carboxylic acids is 1. The number of nitrogen functional groups attached to an aromatic ring is 1. The number of rotatable bonds is 3. The first-order chi connectivity index (χ1) is 8.99. The van der Waals surface area contributed by atoms with E-state index in [1.54, 1.807) is 6.07 Å². The molecule has 2 rings (SSSR count). The van der Waals surface area contributed by atoms with E-state index in [1.165, 1.54) is 25.1 Å². The van der Waals surface area contributed by atoms with E-state index >= 15 is 0 Å². The van der Waals surface area contributed by atoms with Gasteiger partial charge in [0.05, 0.1) is 6.61 Å². The molecule has 1 aromatic rings. The average Bonchev–Trinajstić information content (AvgIpc) is 2.38. The van der Waals surface area contributed by atoms with Gasteiger partial charge in [-0.25, -0.2) is 13.6 Å². The number of anilines is 1. The zero-order valence-electron chi connectivity index (χ0n) is 10.2. The van der Waals surface area contributed by atoms with Crippen LogP contribution < -0.4 is 10.5 Å². The van der Waals surface area contributed by atoms with Crippen molar-refractivity contribution < 1.29 is 23.0 Å². The highest BCUT2D eigenvalue weighted by Gasteiger charge is 2.51. The third-order valence-corrected chi connectivity index (χ3v) is 2.74. The molecule has 19 heavy (non-hydrogen) atoms. The van der Waals surface area contributed by atoms with Crippen LogP contribution in [0.2, 0.25) is 0 Å². The number of fused-ring (bicyclic) bond motifs is 1. The number of nitrogens with two attached hydrogens (primary N) is 1. The minimum Gasteiger partial charge on any atom is -0.465 e. The number of ether oxygens (including phenoxy) is 2. The predicted octanol–water partition coefficient (Wildman–Crippen LogP) is 2.24. The summed E-state index contributed by atoms with van der Waals surface area (Å²) < 4.78 is 36.3. The summed E-state index contributed by atoms with van der Waals surface area (Å²) >= 11 is 0. The molecule has 0 spiro atoms. The van der Waals surface area contributed by atoms with Gasteiger partial charge in [-0.1, -0.05) is 6.08 Å². The second-order valence-corrected chi connectivity index (χ2v) is 4.05. The Bertz CT molecular complexity index is 531. The number of halogens is 2. The van der Waals surface area contributed by atoms with E-state index in [1.807, 2.05) is 0 Å². The summed E-state index contributed by atoms with van der Waals surface area (Å²) in [6.45, 7) is 1.54. The predicted molar refractivity (Wildman–Crippen MR) is 65.9 cm³/mol. The summed E-state index contributed by atoms with van der Waals surface area (Å²) in [6, 6.07) is 4.54. The molecule has 0 aliphatic carbocycles. The Kier molecular flexibility index (Phi) is 3.42. The number of hydrogen-bond donors (Lipinski definition) is 1. The van der Waals surface area contributed by atoms with E-state index in [4.69, 9.17) is 10.5 Å². The van der Waals surface area contributed by atoms with Crippen molar-refractivity contribution in [2.45, 2.75) is 19.0 Å². The van der Waals surface area contributed by atoms with Crippen molar-refractivity contribution in [3.63, 3.8) is 0 Å². The fraction of sp³-hybridized carbons (Fsp3) is 0.308. The minimum atomic E-state index is -3.03. The molecule has 4 nitrogen and oxygen atoms in total. The van der Waals surface area contributed by atoms with Crippen molar-refractivity contribution in [3.05, 3.63) is 29.8 Å². The summed E-state index contributed by atoms with van der Waals surface area (Å²) in [5.41, 5.74) is 4.22. The van der Waals surface area contributed by atoms with Crippen LogP contribution in [0.1, 0.15) is 12.5 Å². The van der Waals surface area contributed by atoms with Crippen molar-refractivity contribution in [2.24, 2.45) is 0 Å². The van der Waals surface area contributed by atoms with Crippen LogP contribution in [0.5, 0.6) is 5.75 Å². The smallest absolute Gasteiger partial charge is 0.360 e. The molecule has 0 saturated heterocycles. The topological polar surface area (TPSA) is 61.5 Å². The first kappa shape index (κ1) is 13.3. The van der Waals surface area contributed by atoms with Gasteiger partial charge >= 0.3 is 5.97 Å². The van der Waals surface area contributed by atoms with E-state index in [0.29, 0.717) is 11.3 Å². The van der Waals surface area contributed by atoms with Gasteiger partial charge in [0.1, 0.15) is 5.75 Å². The monoisotopic (exact) mass is 269 g/mol. The first-order valence-corrected chi connectivity index (χ1v) is 5.72. The van der Waals surface area contributed by atoms with Crippen molar-refractivity contribution in [3.8, 4) is 5.75 Å². The number of carbonyl (C=O) groups is 1.